The van der Waals surface area contributed by atoms with Gasteiger partial charge in [0.1, 0.15) is 0 Å². The van der Waals surface area contributed by atoms with Crippen molar-refractivity contribution in [1.82, 2.24) is 4.31 Å². The van der Waals surface area contributed by atoms with E-state index in [0.29, 0.717) is 4.90 Å². The van der Waals surface area contributed by atoms with Gasteiger partial charge in [-0.3, -0.25) is 4.99 Å². The van der Waals surface area contributed by atoms with Crippen molar-refractivity contribution in [2.24, 2.45) is 4.99 Å². The molecule has 1 aromatic carbocycles. The Labute approximate surface area is 107 Å². The Hall–Kier alpha value is -1.72. The lowest BCUT2D eigenvalue weighted by Crippen LogP contribution is -2.22. The van der Waals surface area contributed by atoms with E-state index < -0.39 is 10.0 Å². The van der Waals surface area contributed by atoms with Gasteiger partial charge in [-0.15, -0.1) is 0 Å². The summed E-state index contributed by atoms with van der Waals surface area (Å²) in [7, 11) is -0.345. The van der Waals surface area contributed by atoms with E-state index in [0.717, 1.165) is 11.1 Å². The first-order chi connectivity index (χ1) is 8.51. The van der Waals surface area contributed by atoms with Gasteiger partial charge in [0.15, 0.2) is 0 Å². The summed E-state index contributed by atoms with van der Waals surface area (Å²) in [4.78, 5) is 4.30. The Morgan fingerprint density at radius 3 is 2.61 bits per heavy atom. The first-order valence-electron chi connectivity index (χ1n) is 5.45. The normalized spacial score (nSPS) is 19.7. The minimum absolute atomic E-state index is 0.293. The minimum Gasteiger partial charge on any atom is -0.265 e. The van der Waals surface area contributed by atoms with Crippen LogP contribution in [0.4, 0.5) is 0 Å². The highest BCUT2D eigenvalue weighted by molar-refractivity contribution is 7.89. The SMILES string of the molecule is CN(C)S(=O)(=O)c1ccc2c(c1)\C=C/C=N\C=C/2. The maximum Gasteiger partial charge on any atom is 0.242 e. The van der Waals surface area contributed by atoms with E-state index in [1.54, 1.807) is 36.7 Å². The highest BCUT2D eigenvalue weighted by atomic mass is 32.2. The molecule has 0 aromatic heterocycles. The van der Waals surface area contributed by atoms with E-state index in [1.807, 2.05) is 12.2 Å². The van der Waals surface area contributed by atoms with Crippen molar-refractivity contribution in [1.29, 1.82) is 0 Å². The predicted molar refractivity (Wildman–Crippen MR) is 73.9 cm³/mol. The molecule has 0 fully saturated rings. The van der Waals surface area contributed by atoms with Crippen LogP contribution in [0, 0.1) is 0 Å². The van der Waals surface area contributed by atoms with E-state index in [9.17, 15) is 8.42 Å². The van der Waals surface area contributed by atoms with E-state index in [4.69, 9.17) is 0 Å². The third-order valence-electron chi connectivity index (χ3n) is 2.62. The molecule has 2 rings (SSSR count). The van der Waals surface area contributed by atoms with Gasteiger partial charge in [0.2, 0.25) is 10.0 Å². The van der Waals surface area contributed by atoms with E-state index in [1.165, 1.54) is 18.4 Å². The van der Waals surface area contributed by atoms with Gasteiger partial charge >= 0.3 is 0 Å². The third kappa shape index (κ3) is 2.42. The summed E-state index contributed by atoms with van der Waals surface area (Å²) >= 11 is 0. The van der Waals surface area contributed by atoms with Gasteiger partial charge in [0, 0.05) is 26.5 Å². The molecule has 0 radical (unpaired) electrons. The van der Waals surface area contributed by atoms with Crippen molar-refractivity contribution in [3.63, 3.8) is 0 Å². The molecule has 5 heteroatoms. The Bertz CT molecular complexity index is 641. The van der Waals surface area contributed by atoms with Gasteiger partial charge in [-0.25, -0.2) is 12.7 Å². The lowest BCUT2D eigenvalue weighted by Gasteiger charge is -2.13. The standard InChI is InChI=1S/C13H14N2O2S/c1-15(2)18(16,17)13-6-5-11-7-9-14-8-3-4-12(11)10-13/h3-10H,1-2H3/b4-3-,8-3?,9-7-,11-7?,12-4?,14-8-,14-9?. The van der Waals surface area contributed by atoms with Gasteiger partial charge in [-0.05, 0) is 35.4 Å². The highest BCUT2D eigenvalue weighted by Crippen LogP contribution is 2.21. The summed E-state index contributed by atoms with van der Waals surface area (Å²) in [5, 5.41) is 0. The second kappa shape index (κ2) is 4.88. The number of benzene rings is 1. The van der Waals surface area contributed by atoms with Crippen LogP contribution >= 0.6 is 0 Å². The van der Waals surface area contributed by atoms with Gasteiger partial charge in [-0.1, -0.05) is 12.1 Å². The molecular weight excluding hydrogens is 248 g/mol. The van der Waals surface area contributed by atoms with Crippen molar-refractivity contribution < 1.29 is 8.42 Å². The van der Waals surface area contributed by atoms with Gasteiger partial charge in [0.25, 0.3) is 0 Å². The molecule has 0 N–H and O–H groups in total. The molecule has 1 aliphatic rings. The van der Waals surface area contributed by atoms with Crippen molar-refractivity contribution in [2.45, 2.75) is 4.90 Å². The summed E-state index contributed by atoms with van der Waals surface area (Å²) in [5.74, 6) is 0. The van der Waals surface area contributed by atoms with Gasteiger partial charge in [-0.2, -0.15) is 0 Å². The summed E-state index contributed by atoms with van der Waals surface area (Å²) in [6, 6.07) is 5.07. The molecule has 0 unspecified atom stereocenters. The molecule has 94 valence electrons. The Kier molecular flexibility index (Phi) is 3.45. The van der Waals surface area contributed by atoms with Crippen molar-refractivity contribution >= 4 is 28.4 Å². The van der Waals surface area contributed by atoms with Crippen molar-refractivity contribution in [3.05, 3.63) is 41.6 Å². The predicted octanol–water partition coefficient (Wildman–Crippen LogP) is 2.01. The molecule has 0 amide bonds. The number of hydrogen-bond acceptors (Lipinski definition) is 3. The minimum atomic E-state index is -3.39. The average Bonchev–Trinajstić information content (AvgIpc) is 2.29. The van der Waals surface area contributed by atoms with Crippen LogP contribution in [-0.2, 0) is 10.0 Å². The molecule has 0 aliphatic carbocycles. The quantitative estimate of drug-likeness (QED) is 0.818. The second-order valence-corrected chi connectivity index (χ2v) is 6.20. The molecular formula is C13H14N2O2S. The number of aliphatic imine (C=N–C) groups is 1. The molecule has 0 bridgehead atoms. The van der Waals surface area contributed by atoms with Crippen LogP contribution in [0.15, 0.2) is 40.4 Å². The first-order valence-corrected chi connectivity index (χ1v) is 6.89. The smallest absolute Gasteiger partial charge is 0.242 e. The number of fused-ring (bicyclic) bond motifs is 1. The number of rotatable bonds is 2. The molecule has 1 aliphatic heterocycles. The first kappa shape index (κ1) is 12.7. The molecule has 18 heavy (non-hydrogen) atoms. The number of nitrogens with zero attached hydrogens (tertiary/aromatic N) is 2. The third-order valence-corrected chi connectivity index (χ3v) is 4.44. The van der Waals surface area contributed by atoms with E-state index in [2.05, 4.69) is 4.99 Å². The number of allylic oxidation sites excluding steroid dienone is 1. The molecule has 0 spiro atoms. The summed E-state index contributed by atoms with van der Waals surface area (Å²) in [5.41, 5.74) is 1.81. The maximum absolute atomic E-state index is 12.0. The summed E-state index contributed by atoms with van der Waals surface area (Å²) in [6.07, 6.45) is 8.82. The Morgan fingerprint density at radius 2 is 1.89 bits per heavy atom. The summed E-state index contributed by atoms with van der Waals surface area (Å²) < 4.78 is 25.3. The molecule has 0 atom stereocenters. The van der Waals surface area contributed by atoms with Crippen LogP contribution in [0.2, 0.25) is 0 Å². The van der Waals surface area contributed by atoms with Crippen LogP contribution in [0.3, 0.4) is 0 Å². The zero-order valence-electron chi connectivity index (χ0n) is 10.2. The largest absolute Gasteiger partial charge is 0.265 e. The van der Waals surface area contributed by atoms with Gasteiger partial charge < -0.3 is 0 Å². The average molecular weight is 262 g/mol. The molecule has 1 heterocycles. The lowest BCUT2D eigenvalue weighted by molar-refractivity contribution is 0.520. The Balaban J connectivity index is 2.55. The monoisotopic (exact) mass is 262 g/mol. The van der Waals surface area contributed by atoms with E-state index >= 15 is 0 Å². The molecule has 1 aromatic rings. The molecule has 0 saturated heterocycles. The number of sulfonamides is 1. The van der Waals surface area contributed by atoms with Crippen LogP contribution in [0.5, 0.6) is 0 Å². The fourth-order valence-electron chi connectivity index (χ4n) is 1.59. The van der Waals surface area contributed by atoms with Crippen LogP contribution in [-0.4, -0.2) is 33.0 Å². The second-order valence-electron chi connectivity index (χ2n) is 4.05. The maximum atomic E-state index is 12.0. The van der Waals surface area contributed by atoms with Crippen molar-refractivity contribution in [3.8, 4) is 0 Å². The summed E-state index contributed by atoms with van der Waals surface area (Å²) in [6.45, 7) is 0. The van der Waals surface area contributed by atoms with Crippen LogP contribution < -0.4 is 0 Å². The van der Waals surface area contributed by atoms with Crippen molar-refractivity contribution in [2.75, 3.05) is 14.1 Å². The highest BCUT2D eigenvalue weighted by Gasteiger charge is 2.17. The Morgan fingerprint density at radius 1 is 1.11 bits per heavy atom. The lowest BCUT2D eigenvalue weighted by atomic mass is 10.1. The fraction of sp³-hybridized carbons (Fsp3) is 0.154. The fourth-order valence-corrected chi connectivity index (χ4v) is 2.53. The van der Waals surface area contributed by atoms with E-state index in [-0.39, 0.29) is 0 Å². The zero-order valence-corrected chi connectivity index (χ0v) is 11.1. The van der Waals surface area contributed by atoms with Gasteiger partial charge in [0.05, 0.1) is 4.90 Å². The van der Waals surface area contributed by atoms with Crippen LogP contribution in [0.25, 0.3) is 12.2 Å². The van der Waals surface area contributed by atoms with Crippen LogP contribution in [0.1, 0.15) is 11.1 Å². The molecule has 0 saturated carbocycles. The molecule has 4 nitrogen and oxygen atoms in total. The topological polar surface area (TPSA) is 49.7 Å². The number of hydrogen-bond donors (Lipinski definition) is 0. The zero-order chi connectivity index (χ0) is 13.2.